The fourth-order valence-corrected chi connectivity index (χ4v) is 4.32. The lowest BCUT2D eigenvalue weighted by Crippen LogP contribution is -2.32. The van der Waals surface area contributed by atoms with E-state index in [-0.39, 0.29) is 37.4 Å². The first-order valence-corrected chi connectivity index (χ1v) is 11.8. The Balaban J connectivity index is 1.58. The highest BCUT2D eigenvalue weighted by molar-refractivity contribution is 6.54. The number of aryl methyl sites for hydroxylation is 1. The van der Waals surface area contributed by atoms with E-state index in [1.165, 1.54) is 12.1 Å². The van der Waals surface area contributed by atoms with E-state index in [1.54, 1.807) is 24.3 Å². The molecule has 3 aromatic rings. The van der Waals surface area contributed by atoms with Crippen LogP contribution >= 0.6 is 46.4 Å². The summed E-state index contributed by atoms with van der Waals surface area (Å²) >= 11 is 24.4. The Morgan fingerprint density at radius 2 is 1.51 bits per heavy atom. The van der Waals surface area contributed by atoms with Gasteiger partial charge >= 0.3 is 0 Å². The van der Waals surface area contributed by atoms with Crippen LogP contribution in [-0.4, -0.2) is 17.7 Å². The molecule has 0 aliphatic carbocycles. The lowest BCUT2D eigenvalue weighted by atomic mass is 10.1. The van der Waals surface area contributed by atoms with E-state index in [1.807, 2.05) is 32.0 Å². The average Bonchev–Trinajstić information content (AvgIpc) is 3.02. The van der Waals surface area contributed by atoms with Crippen molar-refractivity contribution < 1.29 is 14.4 Å². The predicted molar refractivity (Wildman–Crippen MR) is 141 cm³/mol. The summed E-state index contributed by atoms with van der Waals surface area (Å²) < 4.78 is 0. The topological polar surface area (TPSA) is 78.5 Å². The molecule has 0 atom stereocenters. The highest BCUT2D eigenvalue weighted by Crippen LogP contribution is 2.38. The van der Waals surface area contributed by atoms with Gasteiger partial charge in [0.25, 0.3) is 17.7 Å². The van der Waals surface area contributed by atoms with E-state index < -0.39 is 11.8 Å². The Labute approximate surface area is 221 Å². The van der Waals surface area contributed by atoms with Crippen LogP contribution < -0.4 is 15.5 Å². The first kappa shape index (κ1) is 25.1. The third kappa shape index (κ3) is 4.88. The molecule has 3 amide bonds. The van der Waals surface area contributed by atoms with Crippen molar-refractivity contribution in [2.24, 2.45) is 0 Å². The van der Waals surface area contributed by atoms with Crippen LogP contribution in [0.25, 0.3) is 0 Å². The Morgan fingerprint density at radius 3 is 2.26 bits per heavy atom. The van der Waals surface area contributed by atoms with Gasteiger partial charge in [-0.15, -0.1) is 0 Å². The van der Waals surface area contributed by atoms with Crippen molar-refractivity contribution in [2.45, 2.75) is 13.8 Å². The van der Waals surface area contributed by atoms with Crippen molar-refractivity contribution >= 4 is 81.2 Å². The van der Waals surface area contributed by atoms with E-state index in [4.69, 9.17) is 46.4 Å². The second-order valence-electron chi connectivity index (χ2n) is 7.76. The monoisotopic (exact) mass is 547 g/mol. The van der Waals surface area contributed by atoms with Crippen molar-refractivity contribution in [1.29, 1.82) is 0 Å². The quantitative estimate of drug-likeness (QED) is 0.267. The zero-order valence-electron chi connectivity index (χ0n) is 18.4. The van der Waals surface area contributed by atoms with Gasteiger partial charge in [-0.1, -0.05) is 64.6 Å². The number of rotatable bonds is 5. The predicted octanol–water partition coefficient (Wildman–Crippen LogP) is 6.95. The molecule has 1 heterocycles. The van der Waals surface area contributed by atoms with Crippen LogP contribution in [0.5, 0.6) is 0 Å². The molecule has 3 aromatic carbocycles. The zero-order chi connectivity index (χ0) is 25.4. The van der Waals surface area contributed by atoms with Crippen LogP contribution in [0.3, 0.4) is 0 Å². The number of hydrogen-bond acceptors (Lipinski definition) is 4. The molecule has 0 radical (unpaired) electrons. The number of anilines is 3. The van der Waals surface area contributed by atoms with Gasteiger partial charge in [0, 0.05) is 16.9 Å². The van der Waals surface area contributed by atoms with E-state index in [0.717, 1.165) is 16.0 Å². The number of carbonyl (C=O) groups is 3. The van der Waals surface area contributed by atoms with E-state index in [2.05, 4.69) is 10.6 Å². The fourth-order valence-electron chi connectivity index (χ4n) is 3.48. The van der Waals surface area contributed by atoms with Crippen molar-refractivity contribution in [3.05, 3.63) is 97.1 Å². The number of benzene rings is 3. The molecule has 0 unspecified atom stereocenters. The first-order valence-electron chi connectivity index (χ1n) is 10.3. The Kier molecular flexibility index (Phi) is 7.10. The maximum absolute atomic E-state index is 13.1. The Morgan fingerprint density at radius 1 is 0.829 bits per heavy atom. The first-order chi connectivity index (χ1) is 16.6. The summed E-state index contributed by atoms with van der Waals surface area (Å²) in [5, 5.41) is 5.75. The largest absolute Gasteiger partial charge is 0.350 e. The second kappa shape index (κ2) is 9.91. The number of nitrogens with one attached hydrogen (secondary N) is 2. The lowest BCUT2D eigenvalue weighted by molar-refractivity contribution is -0.120. The molecule has 0 spiro atoms. The van der Waals surface area contributed by atoms with E-state index in [0.29, 0.717) is 16.9 Å². The maximum atomic E-state index is 13.1. The number of hydrogen-bond donors (Lipinski definition) is 2. The number of nitrogens with zero attached hydrogens (tertiary/aromatic N) is 1. The van der Waals surface area contributed by atoms with Gasteiger partial charge in [0.2, 0.25) is 0 Å². The summed E-state index contributed by atoms with van der Waals surface area (Å²) in [5.74, 6) is -1.84. The standard InChI is InChI=1S/C25H17Cl4N3O3/c1-12-5-3-8-19(13(12)2)31-23(33)14-6-4-7-15(9-14)30-22-21(29)24(34)32(25(22)35)20-11-17(27)16(26)10-18(20)28/h3-11,30H,1-2H3,(H,31,33). The van der Waals surface area contributed by atoms with Crippen molar-refractivity contribution in [1.82, 2.24) is 0 Å². The Hall–Kier alpha value is -3.03. The summed E-state index contributed by atoms with van der Waals surface area (Å²) in [7, 11) is 0. The van der Waals surface area contributed by atoms with Crippen LogP contribution in [0.15, 0.2) is 65.3 Å². The normalized spacial score (nSPS) is 13.5. The summed E-state index contributed by atoms with van der Waals surface area (Å²) in [4.78, 5) is 39.5. The van der Waals surface area contributed by atoms with Gasteiger partial charge in [-0.05, 0) is 61.4 Å². The van der Waals surface area contributed by atoms with E-state index >= 15 is 0 Å². The molecule has 6 nitrogen and oxygen atoms in total. The van der Waals surface area contributed by atoms with Gasteiger partial charge in [-0.3, -0.25) is 14.4 Å². The van der Waals surface area contributed by atoms with Crippen LogP contribution in [-0.2, 0) is 9.59 Å². The van der Waals surface area contributed by atoms with E-state index in [9.17, 15) is 14.4 Å². The Bertz CT molecular complexity index is 1440. The molecule has 35 heavy (non-hydrogen) atoms. The molecular weight excluding hydrogens is 532 g/mol. The molecule has 0 saturated carbocycles. The van der Waals surface area contributed by atoms with Crippen molar-refractivity contribution in [3.8, 4) is 0 Å². The van der Waals surface area contributed by atoms with Crippen LogP contribution in [0, 0.1) is 13.8 Å². The molecule has 1 aliphatic rings. The van der Waals surface area contributed by atoms with Gasteiger partial charge in [0.1, 0.15) is 10.7 Å². The van der Waals surface area contributed by atoms with Crippen LogP contribution in [0.4, 0.5) is 17.1 Å². The number of carbonyl (C=O) groups excluding carboxylic acids is 3. The smallest absolute Gasteiger partial charge is 0.283 e. The summed E-state index contributed by atoms with van der Waals surface area (Å²) in [6.07, 6.45) is 0. The minimum absolute atomic E-state index is 0.0488. The molecule has 4 rings (SSSR count). The number of halogens is 4. The molecule has 0 fully saturated rings. The maximum Gasteiger partial charge on any atom is 0.283 e. The summed E-state index contributed by atoms with van der Waals surface area (Å²) in [6, 6.07) is 14.7. The minimum Gasteiger partial charge on any atom is -0.350 e. The van der Waals surface area contributed by atoms with Gasteiger partial charge in [0.15, 0.2) is 0 Å². The molecule has 1 aliphatic heterocycles. The third-order valence-electron chi connectivity index (χ3n) is 5.50. The summed E-state index contributed by atoms with van der Waals surface area (Å²) in [5.41, 5.74) is 3.33. The van der Waals surface area contributed by atoms with Gasteiger partial charge in [-0.25, -0.2) is 4.90 Å². The molecule has 0 aromatic heterocycles. The number of imide groups is 1. The zero-order valence-corrected chi connectivity index (χ0v) is 21.4. The van der Waals surface area contributed by atoms with Crippen molar-refractivity contribution in [3.63, 3.8) is 0 Å². The lowest BCUT2D eigenvalue weighted by Gasteiger charge is -2.17. The highest BCUT2D eigenvalue weighted by Gasteiger charge is 2.40. The average molecular weight is 549 g/mol. The van der Waals surface area contributed by atoms with Gasteiger partial charge in [0.05, 0.1) is 20.8 Å². The van der Waals surface area contributed by atoms with Gasteiger partial charge < -0.3 is 10.6 Å². The third-order valence-corrected chi connectivity index (χ3v) is 6.88. The number of amides is 3. The van der Waals surface area contributed by atoms with Crippen molar-refractivity contribution in [2.75, 3.05) is 15.5 Å². The van der Waals surface area contributed by atoms with Crippen LogP contribution in [0.1, 0.15) is 21.5 Å². The second-order valence-corrected chi connectivity index (χ2v) is 9.36. The molecule has 178 valence electrons. The molecule has 10 heteroatoms. The minimum atomic E-state index is -0.775. The molecule has 2 N–H and O–H groups in total. The SMILES string of the molecule is Cc1cccc(NC(=O)c2cccc(NC3=C(Cl)C(=O)N(c4cc(Cl)c(Cl)cc4Cl)C3=O)c2)c1C. The molecular formula is C25H17Cl4N3O3. The molecule has 0 saturated heterocycles. The fraction of sp³-hybridized carbons (Fsp3) is 0.0800. The molecule has 0 bridgehead atoms. The summed E-state index contributed by atoms with van der Waals surface area (Å²) in [6.45, 7) is 3.88. The highest BCUT2D eigenvalue weighted by atomic mass is 35.5. The van der Waals surface area contributed by atoms with Crippen LogP contribution in [0.2, 0.25) is 15.1 Å². The van der Waals surface area contributed by atoms with Gasteiger partial charge in [-0.2, -0.15) is 0 Å².